The topological polar surface area (TPSA) is 88.1 Å². The van der Waals surface area contributed by atoms with Gasteiger partial charge in [0, 0.05) is 17.6 Å². The van der Waals surface area contributed by atoms with E-state index in [9.17, 15) is 14.4 Å². The van der Waals surface area contributed by atoms with E-state index < -0.39 is 11.0 Å². The fourth-order valence-electron chi connectivity index (χ4n) is 5.22. The van der Waals surface area contributed by atoms with Gasteiger partial charge in [-0.2, -0.15) is 5.26 Å². The van der Waals surface area contributed by atoms with Gasteiger partial charge in [-0.15, -0.1) is 0 Å². The molecule has 3 aromatic carbocycles. The number of nitrogens with two attached hydrogens (primary N) is 1. The molecule has 0 aliphatic heterocycles. The number of benzene rings is 3. The van der Waals surface area contributed by atoms with Crippen molar-refractivity contribution in [1.29, 1.82) is 5.26 Å². The first kappa shape index (κ1) is 27.5. The smallest absolute Gasteiger partial charge is 0.251 e. The highest BCUT2D eigenvalue weighted by molar-refractivity contribution is 5.94. The second-order valence-corrected chi connectivity index (χ2v) is 10.8. The van der Waals surface area contributed by atoms with Crippen molar-refractivity contribution in [2.24, 2.45) is 5.73 Å². The molecule has 0 aromatic heterocycles. The van der Waals surface area contributed by atoms with Crippen LogP contribution in [-0.4, -0.2) is 24.6 Å². The summed E-state index contributed by atoms with van der Waals surface area (Å²) in [7, 11) is 0. The Morgan fingerprint density at radius 2 is 1.76 bits per heavy atom. The molecule has 1 fully saturated rings. The van der Waals surface area contributed by atoms with E-state index in [1.807, 2.05) is 43.3 Å². The number of carbonyl (C=O) groups excluding carboxylic acids is 1. The third-order valence-electron chi connectivity index (χ3n) is 7.24. The lowest BCUT2D eigenvalue weighted by molar-refractivity contribution is 0.0789. The first-order valence-electron chi connectivity index (χ1n) is 13.3. The highest BCUT2D eigenvalue weighted by atomic mass is 19.1. The van der Waals surface area contributed by atoms with E-state index in [4.69, 9.17) is 10.5 Å². The quantitative estimate of drug-likeness (QED) is 0.349. The molecule has 38 heavy (non-hydrogen) atoms. The predicted octanol–water partition coefficient (Wildman–Crippen LogP) is 5.61. The molecule has 3 N–H and O–H groups in total. The first-order chi connectivity index (χ1) is 18.3. The fraction of sp³-hybridized carbons (Fsp3) is 0.375. The van der Waals surface area contributed by atoms with Crippen LogP contribution < -0.4 is 11.1 Å². The lowest BCUT2D eigenvalue weighted by Gasteiger charge is -2.25. The number of halogens is 1. The molecular formula is C32H36FN3O2. The number of hydrogen-bond acceptors (Lipinski definition) is 4. The Morgan fingerprint density at radius 1 is 1.05 bits per heavy atom. The van der Waals surface area contributed by atoms with Crippen molar-refractivity contribution in [2.75, 3.05) is 13.2 Å². The Bertz CT molecular complexity index is 1260. The summed E-state index contributed by atoms with van der Waals surface area (Å²) in [4.78, 5) is 13.1. The molecule has 6 heteroatoms. The van der Waals surface area contributed by atoms with Gasteiger partial charge in [-0.05, 0) is 79.1 Å². The molecule has 198 valence electrons. The van der Waals surface area contributed by atoms with Crippen molar-refractivity contribution < 1.29 is 13.9 Å². The molecule has 0 spiro atoms. The summed E-state index contributed by atoms with van der Waals surface area (Å²) in [5.74, 6) is -0.480. The van der Waals surface area contributed by atoms with Gasteiger partial charge in [0.05, 0.1) is 24.7 Å². The van der Waals surface area contributed by atoms with Crippen molar-refractivity contribution in [3.8, 4) is 6.07 Å². The maximum Gasteiger partial charge on any atom is 0.251 e. The van der Waals surface area contributed by atoms with Crippen molar-refractivity contribution >= 4 is 5.91 Å². The highest BCUT2D eigenvalue weighted by Crippen LogP contribution is 2.41. The van der Waals surface area contributed by atoms with Gasteiger partial charge < -0.3 is 15.8 Å². The third-order valence-corrected chi connectivity index (χ3v) is 7.24. The standard InChI is InChI=1S/C32H36FN3O2/c1-31(35,20-25-7-3-2-4-8-25)23-38-21-26-17-27(19-28(18-26)32(22-34)14-5-6-15-32)30(37)36-16-13-24-9-11-29(33)12-10-24/h2-4,7-12,17-19H,5-6,13-16,20-21,23,35H2,1H3,(H,36,37). The Balaban J connectivity index is 1.45. The van der Waals surface area contributed by atoms with E-state index >= 15 is 0 Å². The summed E-state index contributed by atoms with van der Waals surface area (Å²) in [6.07, 6.45) is 4.86. The maximum absolute atomic E-state index is 13.2. The molecule has 1 aliphatic carbocycles. The van der Waals surface area contributed by atoms with E-state index in [-0.39, 0.29) is 11.7 Å². The fourth-order valence-corrected chi connectivity index (χ4v) is 5.22. The zero-order chi connectivity index (χ0) is 27.0. The van der Waals surface area contributed by atoms with Crippen LogP contribution in [0.4, 0.5) is 4.39 Å². The van der Waals surface area contributed by atoms with Crippen LogP contribution in [0.25, 0.3) is 0 Å². The average molecular weight is 514 g/mol. The van der Waals surface area contributed by atoms with Crippen molar-refractivity contribution in [3.63, 3.8) is 0 Å². The van der Waals surface area contributed by atoms with Crippen molar-refractivity contribution in [2.45, 2.75) is 63.0 Å². The summed E-state index contributed by atoms with van der Waals surface area (Å²) in [5.41, 5.74) is 9.75. The van der Waals surface area contributed by atoms with Crippen LogP contribution in [-0.2, 0) is 29.6 Å². The monoisotopic (exact) mass is 513 g/mol. The molecule has 0 bridgehead atoms. The molecule has 1 saturated carbocycles. The second-order valence-electron chi connectivity index (χ2n) is 10.8. The number of rotatable bonds is 11. The number of nitrogens with zero attached hydrogens (tertiary/aromatic N) is 1. The van der Waals surface area contributed by atoms with Crippen LogP contribution in [0.2, 0.25) is 0 Å². The van der Waals surface area contributed by atoms with Gasteiger partial charge in [0.1, 0.15) is 5.82 Å². The zero-order valence-corrected chi connectivity index (χ0v) is 22.0. The molecule has 0 saturated heterocycles. The SMILES string of the molecule is CC(N)(COCc1cc(C(=O)NCCc2ccc(F)cc2)cc(C2(C#N)CCCC2)c1)Cc1ccccc1. The minimum absolute atomic E-state index is 0.200. The maximum atomic E-state index is 13.2. The Morgan fingerprint density at radius 3 is 2.45 bits per heavy atom. The van der Waals surface area contributed by atoms with Gasteiger partial charge in [0.2, 0.25) is 0 Å². The number of hydrogen-bond donors (Lipinski definition) is 2. The summed E-state index contributed by atoms with van der Waals surface area (Å²) < 4.78 is 19.2. The summed E-state index contributed by atoms with van der Waals surface area (Å²) in [6, 6.07) is 24.6. The van der Waals surface area contributed by atoms with Crippen LogP contribution in [0.1, 0.15) is 65.2 Å². The predicted molar refractivity (Wildman–Crippen MR) is 147 cm³/mol. The minimum atomic E-state index is -0.575. The van der Waals surface area contributed by atoms with Gasteiger partial charge in [0.25, 0.3) is 5.91 Å². The molecular weight excluding hydrogens is 477 g/mol. The van der Waals surface area contributed by atoms with Gasteiger partial charge in [0.15, 0.2) is 0 Å². The van der Waals surface area contributed by atoms with E-state index in [1.165, 1.54) is 12.1 Å². The molecule has 1 aliphatic rings. The van der Waals surface area contributed by atoms with E-state index in [1.54, 1.807) is 12.1 Å². The molecule has 1 atom stereocenters. The van der Waals surface area contributed by atoms with Crippen LogP contribution in [0.5, 0.6) is 0 Å². The molecule has 0 radical (unpaired) electrons. The number of carbonyl (C=O) groups is 1. The number of nitriles is 1. The average Bonchev–Trinajstić information content (AvgIpc) is 3.40. The van der Waals surface area contributed by atoms with Gasteiger partial charge >= 0.3 is 0 Å². The lowest BCUT2D eigenvalue weighted by atomic mass is 9.79. The minimum Gasteiger partial charge on any atom is -0.375 e. The molecule has 5 nitrogen and oxygen atoms in total. The summed E-state index contributed by atoms with van der Waals surface area (Å²) in [5, 5.41) is 13.0. The summed E-state index contributed by atoms with van der Waals surface area (Å²) in [6.45, 7) is 3.05. The number of amides is 1. The molecule has 1 unspecified atom stereocenters. The molecule has 3 aromatic rings. The van der Waals surface area contributed by atoms with E-state index in [2.05, 4.69) is 23.5 Å². The number of nitrogens with one attached hydrogen (secondary N) is 1. The Kier molecular flexibility index (Phi) is 8.93. The zero-order valence-electron chi connectivity index (χ0n) is 22.0. The van der Waals surface area contributed by atoms with Crippen LogP contribution in [0.15, 0.2) is 72.8 Å². The van der Waals surface area contributed by atoms with E-state index in [0.717, 1.165) is 47.9 Å². The van der Waals surface area contributed by atoms with Crippen LogP contribution in [0, 0.1) is 17.1 Å². The first-order valence-corrected chi connectivity index (χ1v) is 13.3. The van der Waals surface area contributed by atoms with Gasteiger partial charge in [-0.1, -0.05) is 61.4 Å². The van der Waals surface area contributed by atoms with Crippen molar-refractivity contribution in [1.82, 2.24) is 5.32 Å². The summed E-state index contributed by atoms with van der Waals surface area (Å²) >= 11 is 0. The normalized spacial score (nSPS) is 15.9. The number of ether oxygens (including phenoxy) is 1. The van der Waals surface area contributed by atoms with Crippen molar-refractivity contribution in [3.05, 3.63) is 106 Å². The lowest BCUT2D eigenvalue weighted by Crippen LogP contribution is -2.43. The molecule has 4 rings (SSSR count). The third kappa shape index (κ3) is 7.28. The molecule has 1 amide bonds. The molecule has 0 heterocycles. The van der Waals surface area contributed by atoms with Crippen LogP contribution in [0.3, 0.4) is 0 Å². The highest BCUT2D eigenvalue weighted by Gasteiger charge is 2.36. The van der Waals surface area contributed by atoms with E-state index in [0.29, 0.717) is 38.2 Å². The van der Waals surface area contributed by atoms with Crippen LogP contribution >= 0.6 is 0 Å². The van der Waals surface area contributed by atoms with Gasteiger partial charge in [-0.3, -0.25) is 4.79 Å². The second kappa shape index (κ2) is 12.3. The largest absolute Gasteiger partial charge is 0.375 e. The van der Waals surface area contributed by atoms with Gasteiger partial charge in [-0.25, -0.2) is 4.39 Å². The Hall–Kier alpha value is -3.53. The Labute approximate surface area is 224 Å².